The number of aryl methyl sites for hydroxylation is 1. The van der Waals surface area contributed by atoms with E-state index in [4.69, 9.17) is 4.74 Å². The highest BCUT2D eigenvalue weighted by Gasteiger charge is 2.26. The predicted octanol–water partition coefficient (Wildman–Crippen LogP) is 1.98. The SMILES string of the molecule is CCN1Cc2cc(OC)c(C)cc2C1=O. The molecule has 1 aliphatic heterocycles. The molecule has 0 spiro atoms. The van der Waals surface area contributed by atoms with Gasteiger partial charge in [0.05, 0.1) is 7.11 Å². The summed E-state index contributed by atoms with van der Waals surface area (Å²) in [5.41, 5.74) is 2.92. The number of carbonyl (C=O) groups excluding carboxylic acids is 1. The van der Waals surface area contributed by atoms with Crippen LogP contribution in [0.4, 0.5) is 0 Å². The van der Waals surface area contributed by atoms with Crippen molar-refractivity contribution in [1.29, 1.82) is 0 Å². The van der Waals surface area contributed by atoms with E-state index in [9.17, 15) is 4.79 Å². The molecule has 1 aromatic rings. The Hall–Kier alpha value is -1.51. The summed E-state index contributed by atoms with van der Waals surface area (Å²) in [6.45, 7) is 5.42. The number of fused-ring (bicyclic) bond motifs is 1. The van der Waals surface area contributed by atoms with Gasteiger partial charge in [-0.15, -0.1) is 0 Å². The van der Waals surface area contributed by atoms with Crippen LogP contribution in [0.25, 0.3) is 0 Å². The van der Waals surface area contributed by atoms with Gasteiger partial charge in [0.2, 0.25) is 0 Å². The van der Waals surface area contributed by atoms with Crippen LogP contribution in [-0.2, 0) is 6.54 Å². The van der Waals surface area contributed by atoms with Crippen molar-refractivity contribution in [2.75, 3.05) is 13.7 Å². The van der Waals surface area contributed by atoms with Crippen LogP contribution in [0, 0.1) is 6.92 Å². The summed E-state index contributed by atoms with van der Waals surface area (Å²) in [6, 6.07) is 3.89. The Balaban J connectivity index is 2.47. The third-order valence-electron chi connectivity index (χ3n) is 2.88. The molecule has 0 radical (unpaired) electrons. The second-order valence-corrected chi connectivity index (χ2v) is 3.80. The summed E-state index contributed by atoms with van der Waals surface area (Å²) in [6.07, 6.45) is 0. The Bertz CT molecular complexity index is 412. The third kappa shape index (κ3) is 1.48. The van der Waals surface area contributed by atoms with Crippen molar-refractivity contribution >= 4 is 5.91 Å². The molecule has 80 valence electrons. The molecule has 15 heavy (non-hydrogen) atoms. The van der Waals surface area contributed by atoms with E-state index in [1.54, 1.807) is 7.11 Å². The average molecular weight is 205 g/mol. The fourth-order valence-corrected chi connectivity index (χ4v) is 1.98. The molecule has 0 aromatic heterocycles. The summed E-state index contributed by atoms with van der Waals surface area (Å²) >= 11 is 0. The smallest absolute Gasteiger partial charge is 0.254 e. The molecule has 3 heteroatoms. The number of hydrogen-bond acceptors (Lipinski definition) is 2. The van der Waals surface area contributed by atoms with Crippen molar-refractivity contribution in [1.82, 2.24) is 4.90 Å². The van der Waals surface area contributed by atoms with Crippen molar-refractivity contribution in [3.05, 3.63) is 28.8 Å². The highest BCUT2D eigenvalue weighted by Crippen LogP contribution is 2.29. The van der Waals surface area contributed by atoms with Gasteiger partial charge in [-0.1, -0.05) is 0 Å². The number of rotatable bonds is 2. The zero-order valence-electron chi connectivity index (χ0n) is 9.33. The van der Waals surface area contributed by atoms with E-state index in [1.807, 2.05) is 30.9 Å². The first-order valence-corrected chi connectivity index (χ1v) is 5.14. The first kappa shape index (κ1) is 10.0. The molecule has 0 unspecified atom stereocenters. The number of benzene rings is 1. The molecule has 1 amide bonds. The van der Waals surface area contributed by atoms with E-state index >= 15 is 0 Å². The van der Waals surface area contributed by atoms with E-state index in [2.05, 4.69) is 0 Å². The molecule has 1 aliphatic rings. The van der Waals surface area contributed by atoms with Crippen LogP contribution in [0.15, 0.2) is 12.1 Å². The van der Waals surface area contributed by atoms with E-state index in [-0.39, 0.29) is 5.91 Å². The first-order valence-electron chi connectivity index (χ1n) is 5.14. The maximum Gasteiger partial charge on any atom is 0.254 e. The zero-order valence-corrected chi connectivity index (χ0v) is 9.33. The Morgan fingerprint density at radius 3 is 2.80 bits per heavy atom. The van der Waals surface area contributed by atoms with E-state index in [0.29, 0.717) is 6.54 Å². The van der Waals surface area contributed by atoms with Crippen LogP contribution >= 0.6 is 0 Å². The summed E-state index contributed by atoms with van der Waals surface area (Å²) in [5, 5.41) is 0. The Kier molecular flexibility index (Phi) is 2.39. The molecule has 0 saturated heterocycles. The molecule has 1 aromatic carbocycles. The molecule has 1 heterocycles. The van der Waals surface area contributed by atoms with Gasteiger partial charge in [0.25, 0.3) is 5.91 Å². The van der Waals surface area contributed by atoms with Crippen LogP contribution in [0.1, 0.15) is 28.4 Å². The van der Waals surface area contributed by atoms with Crippen molar-refractivity contribution in [2.45, 2.75) is 20.4 Å². The number of carbonyl (C=O) groups is 1. The topological polar surface area (TPSA) is 29.5 Å². The van der Waals surface area contributed by atoms with Crippen molar-refractivity contribution in [2.24, 2.45) is 0 Å². The van der Waals surface area contributed by atoms with Crippen molar-refractivity contribution in [3.63, 3.8) is 0 Å². The van der Waals surface area contributed by atoms with Gasteiger partial charge < -0.3 is 9.64 Å². The summed E-state index contributed by atoms with van der Waals surface area (Å²) in [4.78, 5) is 13.7. The van der Waals surface area contributed by atoms with Gasteiger partial charge in [-0.3, -0.25) is 4.79 Å². The summed E-state index contributed by atoms with van der Waals surface area (Å²) in [7, 11) is 1.66. The average Bonchev–Trinajstić information content (AvgIpc) is 2.54. The zero-order chi connectivity index (χ0) is 11.0. The van der Waals surface area contributed by atoms with Gasteiger partial charge in [0.15, 0.2) is 0 Å². The van der Waals surface area contributed by atoms with Crippen LogP contribution in [0.2, 0.25) is 0 Å². The number of ether oxygens (including phenoxy) is 1. The van der Waals surface area contributed by atoms with Crippen molar-refractivity contribution < 1.29 is 9.53 Å². The largest absolute Gasteiger partial charge is 0.496 e. The highest BCUT2D eigenvalue weighted by atomic mass is 16.5. The van der Waals surface area contributed by atoms with Gasteiger partial charge in [-0.25, -0.2) is 0 Å². The number of hydrogen-bond donors (Lipinski definition) is 0. The van der Waals surface area contributed by atoms with E-state index < -0.39 is 0 Å². The fourth-order valence-electron chi connectivity index (χ4n) is 1.98. The van der Waals surface area contributed by atoms with Crippen LogP contribution in [0.3, 0.4) is 0 Å². The molecule has 0 fully saturated rings. The lowest BCUT2D eigenvalue weighted by Crippen LogP contribution is -2.22. The van der Waals surface area contributed by atoms with E-state index in [0.717, 1.165) is 29.0 Å². The molecule has 0 aliphatic carbocycles. The van der Waals surface area contributed by atoms with Crippen LogP contribution in [0.5, 0.6) is 5.75 Å². The van der Waals surface area contributed by atoms with Crippen LogP contribution < -0.4 is 4.74 Å². The van der Waals surface area contributed by atoms with Gasteiger partial charge >= 0.3 is 0 Å². The maximum atomic E-state index is 11.9. The normalized spacial score (nSPS) is 14.3. The minimum Gasteiger partial charge on any atom is -0.496 e. The number of amides is 1. The molecular formula is C12H15NO2. The summed E-state index contributed by atoms with van der Waals surface area (Å²) < 4.78 is 5.24. The van der Waals surface area contributed by atoms with Gasteiger partial charge in [0.1, 0.15) is 5.75 Å². The minimum absolute atomic E-state index is 0.137. The molecular weight excluding hydrogens is 190 g/mol. The molecule has 0 bridgehead atoms. The van der Waals surface area contributed by atoms with Gasteiger partial charge in [-0.2, -0.15) is 0 Å². The van der Waals surface area contributed by atoms with Gasteiger partial charge in [-0.05, 0) is 37.1 Å². The van der Waals surface area contributed by atoms with E-state index in [1.165, 1.54) is 0 Å². The molecule has 0 atom stereocenters. The summed E-state index contributed by atoms with van der Waals surface area (Å²) in [5.74, 6) is 0.998. The second kappa shape index (κ2) is 3.57. The monoisotopic (exact) mass is 205 g/mol. The fraction of sp³-hybridized carbons (Fsp3) is 0.417. The molecule has 3 nitrogen and oxygen atoms in total. The Morgan fingerprint density at radius 2 is 2.20 bits per heavy atom. The van der Waals surface area contributed by atoms with Crippen molar-refractivity contribution in [3.8, 4) is 5.75 Å². The highest BCUT2D eigenvalue weighted by molar-refractivity contribution is 5.98. The quantitative estimate of drug-likeness (QED) is 0.738. The second-order valence-electron chi connectivity index (χ2n) is 3.80. The minimum atomic E-state index is 0.137. The lowest BCUT2D eigenvalue weighted by Gasteiger charge is -2.10. The first-order chi connectivity index (χ1) is 7.17. The van der Waals surface area contributed by atoms with Gasteiger partial charge in [0, 0.05) is 18.7 Å². The predicted molar refractivity (Wildman–Crippen MR) is 58.1 cm³/mol. The molecule has 0 N–H and O–H groups in total. The number of nitrogens with zero attached hydrogens (tertiary/aromatic N) is 1. The standard InChI is InChI=1S/C12H15NO2/c1-4-13-7-9-6-11(15-3)8(2)5-10(9)12(13)14/h5-6H,4,7H2,1-3H3. The third-order valence-corrected chi connectivity index (χ3v) is 2.88. The Morgan fingerprint density at radius 1 is 1.47 bits per heavy atom. The maximum absolute atomic E-state index is 11.9. The molecule has 0 saturated carbocycles. The lowest BCUT2D eigenvalue weighted by molar-refractivity contribution is 0.0787. The lowest BCUT2D eigenvalue weighted by atomic mass is 10.1. The Labute approximate surface area is 89.7 Å². The van der Waals surface area contributed by atoms with Crippen LogP contribution in [-0.4, -0.2) is 24.5 Å². The number of methoxy groups -OCH3 is 1. The molecule has 2 rings (SSSR count).